The van der Waals surface area contributed by atoms with Gasteiger partial charge in [-0.1, -0.05) is 25.0 Å². The summed E-state index contributed by atoms with van der Waals surface area (Å²) >= 11 is 0. The lowest BCUT2D eigenvalue weighted by molar-refractivity contribution is -0.137. The molecule has 0 bridgehead atoms. The molecule has 0 saturated carbocycles. The monoisotopic (exact) mass is 450 g/mol. The van der Waals surface area contributed by atoms with Crippen LogP contribution in [0.15, 0.2) is 47.4 Å². The molecule has 4 rings (SSSR count). The van der Waals surface area contributed by atoms with Crippen LogP contribution in [0.2, 0.25) is 0 Å². The highest BCUT2D eigenvalue weighted by Gasteiger charge is 2.31. The molecule has 0 unspecified atom stereocenters. The first-order valence-corrected chi connectivity index (χ1v) is 11.4. The quantitative estimate of drug-likeness (QED) is 0.554. The third-order valence-electron chi connectivity index (χ3n) is 5.61. The maximum atomic E-state index is 13.1. The first-order valence-electron chi connectivity index (χ1n) is 10.0. The highest BCUT2D eigenvalue weighted by atomic mass is 32.2. The average Bonchev–Trinajstić information content (AvgIpc) is 2.89. The van der Waals surface area contributed by atoms with Crippen molar-refractivity contribution < 1.29 is 26.4 Å². The van der Waals surface area contributed by atoms with Crippen LogP contribution in [-0.4, -0.2) is 37.1 Å². The smallest absolute Gasteiger partial charge is 0.354 e. The number of H-pyrrole nitrogens is 1. The van der Waals surface area contributed by atoms with E-state index in [9.17, 15) is 26.4 Å². The summed E-state index contributed by atoms with van der Waals surface area (Å²) in [5.74, 6) is 0. The van der Waals surface area contributed by atoms with Gasteiger partial charge in [-0.2, -0.15) is 17.5 Å². The van der Waals surface area contributed by atoms with Crippen molar-refractivity contribution in [2.24, 2.45) is 0 Å². The third-order valence-corrected chi connectivity index (χ3v) is 7.50. The van der Waals surface area contributed by atoms with Crippen LogP contribution in [0.3, 0.4) is 0 Å². The number of sulfonamides is 1. The highest BCUT2D eigenvalue weighted by molar-refractivity contribution is 7.89. The van der Waals surface area contributed by atoms with Gasteiger partial charge in [0.25, 0.3) is 0 Å². The lowest BCUT2D eigenvalue weighted by atomic mass is 10.0. The number of rotatable bonds is 4. The first kappa shape index (κ1) is 21.6. The molecule has 31 heavy (non-hydrogen) atoms. The minimum atomic E-state index is -4.52. The molecule has 1 aliphatic heterocycles. The maximum Gasteiger partial charge on any atom is 0.416 e. The van der Waals surface area contributed by atoms with E-state index < -0.39 is 21.8 Å². The second-order valence-corrected chi connectivity index (χ2v) is 9.57. The number of benzene rings is 2. The van der Waals surface area contributed by atoms with Crippen molar-refractivity contribution in [1.29, 1.82) is 0 Å². The molecule has 3 aromatic rings. The van der Waals surface area contributed by atoms with Gasteiger partial charge in [0.05, 0.1) is 16.2 Å². The Labute approximate surface area is 177 Å². The minimum absolute atomic E-state index is 0.0691. The molecule has 2 aromatic carbocycles. The van der Waals surface area contributed by atoms with Crippen molar-refractivity contribution in [3.05, 3.63) is 53.6 Å². The average molecular weight is 450 g/mol. The fourth-order valence-corrected chi connectivity index (χ4v) is 5.53. The van der Waals surface area contributed by atoms with Crippen molar-refractivity contribution in [2.45, 2.75) is 36.8 Å². The molecule has 0 radical (unpaired) electrons. The Morgan fingerprint density at radius 2 is 1.68 bits per heavy atom. The molecule has 0 aliphatic carbocycles. The van der Waals surface area contributed by atoms with Crippen molar-refractivity contribution in [1.82, 2.24) is 9.29 Å². The van der Waals surface area contributed by atoms with Crippen molar-refractivity contribution >= 4 is 27.2 Å². The zero-order chi connectivity index (χ0) is 22.2. The molecule has 0 spiro atoms. The van der Waals surface area contributed by atoms with E-state index in [1.807, 2.05) is 0 Å². The van der Waals surface area contributed by atoms with E-state index >= 15 is 0 Å². The molecule has 1 fully saturated rings. The SMILES string of the molecule is O=Cc1c(-c2cccc(C(F)(F)F)c2)[nH]c2ccc(S(=O)(=O)N3CCCCCC3)cc12. The van der Waals surface area contributed by atoms with Crippen LogP contribution in [0.4, 0.5) is 13.2 Å². The summed E-state index contributed by atoms with van der Waals surface area (Å²) in [5.41, 5.74) is 0.196. The number of fused-ring (bicyclic) bond motifs is 1. The minimum Gasteiger partial charge on any atom is -0.354 e. The largest absolute Gasteiger partial charge is 0.416 e. The standard InChI is InChI=1S/C22H21F3N2O3S/c23-22(24,25)16-7-5-6-15(12-16)21-19(14-28)18-13-17(8-9-20(18)26-21)31(29,30)27-10-3-1-2-4-11-27/h5-9,12-14,26H,1-4,10-11H2. The van der Waals surface area contributed by atoms with Gasteiger partial charge in [-0.3, -0.25) is 4.79 Å². The summed E-state index contributed by atoms with van der Waals surface area (Å²) in [6.07, 6.45) is -0.415. The predicted octanol–water partition coefficient (Wildman–Crippen LogP) is 5.23. The van der Waals surface area contributed by atoms with Crippen LogP contribution in [0.5, 0.6) is 0 Å². The molecule has 9 heteroatoms. The van der Waals surface area contributed by atoms with Gasteiger partial charge in [0, 0.05) is 29.6 Å². The topological polar surface area (TPSA) is 70.2 Å². The maximum absolute atomic E-state index is 13.1. The molecule has 164 valence electrons. The van der Waals surface area contributed by atoms with Crippen molar-refractivity contribution in [3.63, 3.8) is 0 Å². The van der Waals surface area contributed by atoms with Crippen LogP contribution in [0.1, 0.15) is 41.6 Å². The van der Waals surface area contributed by atoms with E-state index in [4.69, 9.17) is 0 Å². The van der Waals surface area contributed by atoms with Gasteiger partial charge in [0.1, 0.15) is 0 Å². The fourth-order valence-electron chi connectivity index (χ4n) is 3.98. The van der Waals surface area contributed by atoms with E-state index in [2.05, 4.69) is 4.98 Å². The second-order valence-electron chi connectivity index (χ2n) is 7.64. The Hall–Kier alpha value is -2.65. The van der Waals surface area contributed by atoms with Crippen LogP contribution in [0, 0.1) is 0 Å². The molecule has 1 aliphatic rings. The summed E-state index contributed by atoms with van der Waals surface area (Å²) in [4.78, 5) is 14.9. The Bertz CT molecular complexity index is 1220. The number of aldehydes is 1. The van der Waals surface area contributed by atoms with E-state index in [-0.39, 0.29) is 21.7 Å². The Morgan fingerprint density at radius 1 is 0.968 bits per heavy atom. The number of alkyl halides is 3. The lowest BCUT2D eigenvalue weighted by Gasteiger charge is -2.20. The van der Waals surface area contributed by atoms with Crippen LogP contribution < -0.4 is 0 Å². The van der Waals surface area contributed by atoms with Crippen molar-refractivity contribution in [3.8, 4) is 11.3 Å². The summed E-state index contributed by atoms with van der Waals surface area (Å²) in [7, 11) is -3.73. The highest BCUT2D eigenvalue weighted by Crippen LogP contribution is 2.35. The van der Waals surface area contributed by atoms with Gasteiger partial charge in [-0.25, -0.2) is 8.42 Å². The number of hydrogen-bond donors (Lipinski definition) is 1. The number of halogens is 3. The van der Waals surface area contributed by atoms with Gasteiger partial charge < -0.3 is 4.98 Å². The molecule has 0 atom stereocenters. The lowest BCUT2D eigenvalue weighted by Crippen LogP contribution is -2.31. The number of carbonyl (C=O) groups is 1. The summed E-state index contributed by atoms with van der Waals surface area (Å²) in [6.45, 7) is 0.896. The number of nitrogens with one attached hydrogen (secondary N) is 1. The zero-order valence-corrected chi connectivity index (χ0v) is 17.4. The zero-order valence-electron chi connectivity index (χ0n) is 16.6. The number of aromatic nitrogens is 1. The molecule has 0 amide bonds. The van der Waals surface area contributed by atoms with E-state index in [0.717, 1.165) is 37.8 Å². The number of carbonyl (C=O) groups excluding carboxylic acids is 1. The molecular weight excluding hydrogens is 429 g/mol. The van der Waals surface area contributed by atoms with Crippen molar-refractivity contribution in [2.75, 3.05) is 13.1 Å². The molecule has 5 nitrogen and oxygen atoms in total. The number of aromatic amines is 1. The van der Waals surface area contributed by atoms with Gasteiger partial charge in [-0.05, 0) is 48.7 Å². The number of hydrogen-bond acceptors (Lipinski definition) is 3. The summed E-state index contributed by atoms with van der Waals surface area (Å²) in [6, 6.07) is 9.10. The molecular formula is C22H21F3N2O3S. The summed E-state index contributed by atoms with van der Waals surface area (Å²) < 4.78 is 67.0. The normalized spacial score (nSPS) is 16.4. The van der Waals surface area contributed by atoms with Gasteiger partial charge >= 0.3 is 6.18 Å². The van der Waals surface area contributed by atoms with Gasteiger partial charge in [0.2, 0.25) is 10.0 Å². The van der Waals surface area contributed by atoms with Crippen LogP contribution in [0.25, 0.3) is 22.2 Å². The number of nitrogens with zero attached hydrogens (tertiary/aromatic N) is 1. The predicted molar refractivity (Wildman–Crippen MR) is 111 cm³/mol. The summed E-state index contributed by atoms with van der Waals surface area (Å²) in [5, 5.41) is 0.360. The third kappa shape index (κ3) is 4.12. The van der Waals surface area contributed by atoms with Gasteiger partial charge in [-0.15, -0.1) is 0 Å². The van der Waals surface area contributed by atoms with Crippen LogP contribution in [-0.2, 0) is 16.2 Å². The molecule has 1 N–H and O–H groups in total. The van der Waals surface area contributed by atoms with E-state index in [1.165, 1.54) is 28.6 Å². The van der Waals surface area contributed by atoms with E-state index in [0.29, 0.717) is 30.3 Å². The Balaban J connectivity index is 1.81. The Kier molecular flexibility index (Phi) is 5.65. The van der Waals surface area contributed by atoms with E-state index in [1.54, 1.807) is 6.07 Å². The first-order chi connectivity index (χ1) is 14.7. The van der Waals surface area contributed by atoms with Crippen LogP contribution >= 0.6 is 0 Å². The molecule has 1 aromatic heterocycles. The second kappa shape index (κ2) is 8.12. The molecule has 1 saturated heterocycles. The Morgan fingerprint density at radius 3 is 2.32 bits per heavy atom. The molecule has 2 heterocycles. The van der Waals surface area contributed by atoms with Gasteiger partial charge in [0.15, 0.2) is 6.29 Å². The fraction of sp³-hybridized carbons (Fsp3) is 0.318.